The molecule has 0 bridgehead atoms. The Balaban J connectivity index is 2.23. The molecule has 0 aromatic carbocycles. The molecular formula is C4H5N5. The van der Waals surface area contributed by atoms with Crippen LogP contribution in [0.2, 0.25) is 0 Å². The molecule has 0 unspecified atom stereocenters. The molecule has 0 saturated carbocycles. The van der Waals surface area contributed by atoms with Crippen molar-refractivity contribution in [2.45, 2.75) is 19.0 Å². The van der Waals surface area contributed by atoms with Crippen LogP contribution in [0.5, 0.6) is 0 Å². The summed E-state index contributed by atoms with van der Waals surface area (Å²) in [4.78, 5) is 0. The zero-order valence-corrected chi connectivity index (χ0v) is 4.73. The van der Waals surface area contributed by atoms with Crippen LogP contribution in [0, 0.1) is 11.3 Å². The Morgan fingerprint density at radius 3 is 2.56 bits per heavy atom. The monoisotopic (exact) mass is 123 g/mol. The van der Waals surface area contributed by atoms with E-state index in [1.54, 1.807) is 0 Å². The fraction of sp³-hybridized carbons (Fsp3) is 0.750. The molecule has 5 heteroatoms. The maximum absolute atomic E-state index is 8.13. The number of rotatable bonds is 2. The Labute approximate surface area is 52.1 Å². The SMILES string of the molecule is N#CCCC1N=NN=N1. The van der Waals surface area contributed by atoms with Crippen molar-refractivity contribution in [2.24, 2.45) is 20.7 Å². The standard InChI is InChI=1S/C4H5N5/c5-3-1-2-4-6-8-9-7-4/h4H,1-2H2. The van der Waals surface area contributed by atoms with E-state index in [1.807, 2.05) is 6.07 Å². The fourth-order valence-corrected chi connectivity index (χ4v) is 0.498. The number of nitrogens with zero attached hydrogens (tertiary/aromatic N) is 5. The van der Waals surface area contributed by atoms with Crippen molar-refractivity contribution in [1.29, 1.82) is 5.26 Å². The predicted molar refractivity (Wildman–Crippen MR) is 28.3 cm³/mol. The van der Waals surface area contributed by atoms with E-state index < -0.39 is 0 Å². The van der Waals surface area contributed by atoms with Crippen LogP contribution in [0.1, 0.15) is 12.8 Å². The van der Waals surface area contributed by atoms with Gasteiger partial charge in [-0.05, 0) is 10.4 Å². The zero-order chi connectivity index (χ0) is 6.53. The van der Waals surface area contributed by atoms with Crippen LogP contribution in [0.25, 0.3) is 0 Å². The first-order chi connectivity index (χ1) is 4.43. The average Bonchev–Trinajstić information content (AvgIpc) is 2.34. The zero-order valence-electron chi connectivity index (χ0n) is 4.73. The van der Waals surface area contributed by atoms with Crippen LogP contribution in [0.4, 0.5) is 0 Å². The van der Waals surface area contributed by atoms with Gasteiger partial charge in [-0.15, -0.1) is 10.2 Å². The molecule has 1 aliphatic heterocycles. The average molecular weight is 123 g/mol. The van der Waals surface area contributed by atoms with Crippen molar-refractivity contribution in [3.63, 3.8) is 0 Å². The summed E-state index contributed by atoms with van der Waals surface area (Å²) in [5, 5.41) is 21.9. The van der Waals surface area contributed by atoms with Gasteiger partial charge in [0, 0.05) is 12.8 Å². The summed E-state index contributed by atoms with van der Waals surface area (Å²) in [6, 6.07) is 1.99. The van der Waals surface area contributed by atoms with Crippen molar-refractivity contribution >= 4 is 0 Å². The molecule has 0 atom stereocenters. The predicted octanol–water partition coefficient (Wildman–Crippen LogP) is 1.45. The highest BCUT2D eigenvalue weighted by atomic mass is 15.6. The van der Waals surface area contributed by atoms with Gasteiger partial charge in [0.15, 0.2) is 6.17 Å². The minimum atomic E-state index is -0.190. The first-order valence-electron chi connectivity index (χ1n) is 2.60. The first kappa shape index (κ1) is 5.82. The van der Waals surface area contributed by atoms with Crippen molar-refractivity contribution in [1.82, 2.24) is 0 Å². The van der Waals surface area contributed by atoms with Gasteiger partial charge in [-0.25, -0.2) is 0 Å². The molecule has 0 N–H and O–H groups in total. The fourth-order valence-electron chi connectivity index (χ4n) is 0.498. The maximum Gasteiger partial charge on any atom is 0.186 e. The summed E-state index contributed by atoms with van der Waals surface area (Å²) in [6.07, 6.45) is 0.899. The summed E-state index contributed by atoms with van der Waals surface area (Å²) in [6.45, 7) is 0. The third kappa shape index (κ3) is 1.57. The van der Waals surface area contributed by atoms with Crippen molar-refractivity contribution in [2.75, 3.05) is 0 Å². The van der Waals surface area contributed by atoms with Gasteiger partial charge in [-0.1, -0.05) is 0 Å². The smallest absolute Gasteiger partial charge is 0.186 e. The van der Waals surface area contributed by atoms with Gasteiger partial charge in [0.1, 0.15) is 0 Å². The van der Waals surface area contributed by atoms with Gasteiger partial charge in [-0.3, -0.25) is 0 Å². The topological polar surface area (TPSA) is 73.2 Å². The minimum absolute atomic E-state index is 0.190. The van der Waals surface area contributed by atoms with E-state index in [1.165, 1.54) is 0 Å². The Kier molecular flexibility index (Phi) is 1.85. The van der Waals surface area contributed by atoms with Crippen LogP contribution in [0.15, 0.2) is 20.7 Å². The third-order valence-electron chi connectivity index (χ3n) is 0.924. The van der Waals surface area contributed by atoms with Crippen LogP contribution in [-0.4, -0.2) is 6.17 Å². The van der Waals surface area contributed by atoms with E-state index >= 15 is 0 Å². The second-order valence-corrected chi connectivity index (χ2v) is 1.59. The lowest BCUT2D eigenvalue weighted by Gasteiger charge is -1.91. The Hall–Kier alpha value is -1.31. The molecule has 0 aromatic heterocycles. The summed E-state index contributed by atoms with van der Waals surface area (Å²) in [7, 11) is 0. The number of hydrogen-bond acceptors (Lipinski definition) is 5. The van der Waals surface area contributed by atoms with Crippen LogP contribution >= 0.6 is 0 Å². The van der Waals surface area contributed by atoms with Gasteiger partial charge < -0.3 is 0 Å². The maximum atomic E-state index is 8.13. The molecule has 1 aliphatic rings. The highest BCUT2D eigenvalue weighted by Crippen LogP contribution is 2.09. The van der Waals surface area contributed by atoms with Gasteiger partial charge in [0.2, 0.25) is 0 Å². The molecule has 0 spiro atoms. The summed E-state index contributed by atoms with van der Waals surface area (Å²) >= 11 is 0. The molecule has 46 valence electrons. The van der Waals surface area contributed by atoms with Crippen molar-refractivity contribution in [3.05, 3.63) is 0 Å². The molecular weight excluding hydrogens is 118 g/mol. The van der Waals surface area contributed by atoms with E-state index in [2.05, 4.69) is 20.7 Å². The molecule has 0 radical (unpaired) electrons. The van der Waals surface area contributed by atoms with Crippen LogP contribution < -0.4 is 0 Å². The lowest BCUT2D eigenvalue weighted by Crippen LogP contribution is -1.93. The van der Waals surface area contributed by atoms with Gasteiger partial charge in [-0.2, -0.15) is 5.26 Å². The number of nitriles is 1. The Morgan fingerprint density at radius 1 is 1.33 bits per heavy atom. The first-order valence-corrected chi connectivity index (χ1v) is 2.60. The lowest BCUT2D eigenvalue weighted by atomic mass is 10.3. The highest BCUT2D eigenvalue weighted by Gasteiger charge is 2.06. The van der Waals surface area contributed by atoms with Crippen molar-refractivity contribution < 1.29 is 0 Å². The van der Waals surface area contributed by atoms with Crippen molar-refractivity contribution in [3.8, 4) is 6.07 Å². The normalized spacial score (nSPS) is 16.3. The van der Waals surface area contributed by atoms with E-state index in [0.29, 0.717) is 12.8 Å². The van der Waals surface area contributed by atoms with Gasteiger partial charge >= 0.3 is 0 Å². The highest BCUT2D eigenvalue weighted by molar-refractivity contribution is 4.73. The summed E-state index contributed by atoms with van der Waals surface area (Å²) < 4.78 is 0. The quantitative estimate of drug-likeness (QED) is 0.547. The summed E-state index contributed by atoms with van der Waals surface area (Å²) in [5.41, 5.74) is 0. The second kappa shape index (κ2) is 2.87. The Morgan fingerprint density at radius 2 is 2.00 bits per heavy atom. The lowest BCUT2D eigenvalue weighted by molar-refractivity contribution is 0.648. The number of hydrogen-bond donors (Lipinski definition) is 0. The molecule has 0 aliphatic carbocycles. The molecule has 0 fully saturated rings. The molecule has 0 saturated heterocycles. The third-order valence-corrected chi connectivity index (χ3v) is 0.924. The van der Waals surface area contributed by atoms with E-state index in [9.17, 15) is 0 Å². The summed E-state index contributed by atoms with van der Waals surface area (Å²) in [5.74, 6) is 0. The molecule has 9 heavy (non-hydrogen) atoms. The molecule has 1 rings (SSSR count). The Bertz CT molecular complexity index is 164. The van der Waals surface area contributed by atoms with E-state index in [-0.39, 0.29) is 6.17 Å². The minimum Gasteiger partial charge on any atom is -0.198 e. The molecule has 1 heterocycles. The van der Waals surface area contributed by atoms with Crippen LogP contribution in [-0.2, 0) is 0 Å². The molecule has 0 aromatic rings. The molecule has 0 amide bonds. The second-order valence-electron chi connectivity index (χ2n) is 1.59. The van der Waals surface area contributed by atoms with Gasteiger partial charge in [0.25, 0.3) is 0 Å². The largest absolute Gasteiger partial charge is 0.198 e. The van der Waals surface area contributed by atoms with E-state index in [0.717, 1.165) is 0 Å². The van der Waals surface area contributed by atoms with Crippen LogP contribution in [0.3, 0.4) is 0 Å². The molecule has 5 nitrogen and oxygen atoms in total. The van der Waals surface area contributed by atoms with Gasteiger partial charge in [0.05, 0.1) is 6.07 Å². The van der Waals surface area contributed by atoms with E-state index in [4.69, 9.17) is 5.26 Å².